The highest BCUT2D eigenvalue weighted by atomic mass is 32.1. The molecule has 200 valence electrons. The zero-order valence-electron chi connectivity index (χ0n) is 21.8. The van der Waals surface area contributed by atoms with Crippen molar-refractivity contribution in [2.45, 2.75) is 44.3 Å². The lowest BCUT2D eigenvalue weighted by atomic mass is 9.80. The van der Waals surface area contributed by atoms with Crippen molar-refractivity contribution in [2.24, 2.45) is 0 Å². The topological polar surface area (TPSA) is 82.6 Å². The number of hydrogen-bond acceptors (Lipinski definition) is 6. The van der Waals surface area contributed by atoms with Crippen molar-refractivity contribution in [1.82, 2.24) is 9.55 Å². The van der Waals surface area contributed by atoms with E-state index < -0.39 is 30.0 Å². The molecule has 0 radical (unpaired) electrons. The van der Waals surface area contributed by atoms with E-state index in [9.17, 15) is 9.59 Å². The van der Waals surface area contributed by atoms with Gasteiger partial charge >= 0.3 is 11.7 Å². The molecular formula is C31H30N2O5S. The van der Waals surface area contributed by atoms with Gasteiger partial charge in [0.1, 0.15) is 28.7 Å². The number of carbonyl (C=O) groups is 1. The predicted molar refractivity (Wildman–Crippen MR) is 150 cm³/mol. The van der Waals surface area contributed by atoms with Crippen LogP contribution in [0, 0.1) is 11.6 Å². The molecule has 7 nitrogen and oxygen atoms in total. The monoisotopic (exact) mass is 542 g/mol. The third-order valence-corrected chi connectivity index (χ3v) is 7.38. The SMILES string of the molecule is CC(=O)O[C@H]1C[C@H](n2cc(C)c(=S)[nH]c2=O)O[C@@H]1COC(c1ccccc1)(c1ccccc1)c1ccccc1. The molecule has 39 heavy (non-hydrogen) atoms. The van der Waals surface area contributed by atoms with Crippen LogP contribution in [0.25, 0.3) is 0 Å². The molecule has 4 aromatic rings. The van der Waals surface area contributed by atoms with E-state index in [2.05, 4.69) is 4.98 Å². The van der Waals surface area contributed by atoms with E-state index in [1.54, 1.807) is 6.20 Å². The van der Waals surface area contributed by atoms with E-state index in [4.69, 9.17) is 26.4 Å². The lowest BCUT2D eigenvalue weighted by molar-refractivity contribution is -0.153. The minimum Gasteiger partial charge on any atom is -0.460 e. The molecule has 1 aliphatic heterocycles. The molecule has 1 aliphatic rings. The van der Waals surface area contributed by atoms with E-state index in [-0.39, 0.29) is 12.3 Å². The number of hydrogen-bond donors (Lipinski definition) is 1. The fraction of sp³-hybridized carbons (Fsp3) is 0.258. The average Bonchev–Trinajstić information content (AvgIpc) is 3.34. The highest BCUT2D eigenvalue weighted by Crippen LogP contribution is 2.41. The van der Waals surface area contributed by atoms with Crippen LogP contribution in [0.1, 0.15) is 41.8 Å². The van der Waals surface area contributed by atoms with Crippen molar-refractivity contribution in [3.63, 3.8) is 0 Å². The second-order valence-electron chi connectivity index (χ2n) is 9.58. The maximum Gasteiger partial charge on any atom is 0.328 e. The largest absolute Gasteiger partial charge is 0.460 e. The Bertz CT molecular complexity index is 1440. The third kappa shape index (κ3) is 5.49. The normalized spacial score (nSPS) is 19.1. The second kappa shape index (κ2) is 11.5. The second-order valence-corrected chi connectivity index (χ2v) is 9.99. The molecular weight excluding hydrogens is 512 g/mol. The van der Waals surface area contributed by atoms with Gasteiger partial charge in [0.05, 0.1) is 6.61 Å². The van der Waals surface area contributed by atoms with Gasteiger partial charge in [-0.2, -0.15) is 0 Å². The first-order chi connectivity index (χ1) is 18.9. The van der Waals surface area contributed by atoms with Crippen LogP contribution in [-0.2, 0) is 24.6 Å². The van der Waals surface area contributed by atoms with Crippen molar-refractivity contribution in [2.75, 3.05) is 6.61 Å². The highest BCUT2D eigenvalue weighted by molar-refractivity contribution is 7.71. The number of ether oxygens (including phenoxy) is 3. The van der Waals surface area contributed by atoms with Crippen molar-refractivity contribution in [3.8, 4) is 0 Å². The number of nitrogens with one attached hydrogen (secondary N) is 1. The van der Waals surface area contributed by atoms with E-state index in [0.29, 0.717) is 11.1 Å². The van der Waals surface area contributed by atoms with Gasteiger partial charge in [0.15, 0.2) is 0 Å². The summed E-state index contributed by atoms with van der Waals surface area (Å²) < 4.78 is 20.8. The molecule has 1 aromatic heterocycles. The summed E-state index contributed by atoms with van der Waals surface area (Å²) in [4.78, 5) is 27.4. The fourth-order valence-electron chi connectivity index (χ4n) is 5.13. The first-order valence-corrected chi connectivity index (χ1v) is 13.2. The molecule has 1 N–H and O–H groups in total. The number of carbonyl (C=O) groups excluding carboxylic acids is 1. The van der Waals surface area contributed by atoms with Gasteiger partial charge in [0.25, 0.3) is 0 Å². The van der Waals surface area contributed by atoms with Gasteiger partial charge in [-0.25, -0.2) is 4.79 Å². The Hall–Kier alpha value is -3.85. The maximum atomic E-state index is 12.7. The van der Waals surface area contributed by atoms with E-state index in [0.717, 1.165) is 22.3 Å². The predicted octanol–water partition coefficient (Wildman–Crippen LogP) is 5.44. The van der Waals surface area contributed by atoms with Crippen molar-refractivity contribution < 1.29 is 19.0 Å². The van der Waals surface area contributed by atoms with E-state index >= 15 is 0 Å². The van der Waals surface area contributed by atoms with Gasteiger partial charge in [-0.05, 0) is 23.6 Å². The number of aryl methyl sites for hydroxylation is 1. The van der Waals surface area contributed by atoms with Gasteiger partial charge in [-0.1, -0.05) is 103 Å². The Morgan fingerprint density at radius 1 is 0.974 bits per heavy atom. The Morgan fingerprint density at radius 2 is 1.49 bits per heavy atom. The first-order valence-electron chi connectivity index (χ1n) is 12.8. The number of benzene rings is 3. The smallest absolute Gasteiger partial charge is 0.328 e. The molecule has 0 unspecified atom stereocenters. The van der Waals surface area contributed by atoms with E-state index in [1.165, 1.54) is 11.5 Å². The Balaban J connectivity index is 1.54. The summed E-state index contributed by atoms with van der Waals surface area (Å²) in [6.07, 6.45) is 0.0857. The Labute approximate surface area is 232 Å². The molecule has 1 saturated heterocycles. The van der Waals surface area contributed by atoms with Gasteiger partial charge in [-0.15, -0.1) is 0 Å². The van der Waals surface area contributed by atoms with Crippen LogP contribution in [0.2, 0.25) is 0 Å². The Morgan fingerprint density at radius 3 is 1.97 bits per heavy atom. The summed E-state index contributed by atoms with van der Waals surface area (Å²) in [6, 6.07) is 30.0. The molecule has 0 spiro atoms. The molecule has 3 aromatic carbocycles. The quantitative estimate of drug-likeness (QED) is 0.181. The number of aromatic amines is 1. The average molecular weight is 543 g/mol. The number of rotatable bonds is 8. The van der Waals surface area contributed by atoms with Crippen LogP contribution >= 0.6 is 12.2 Å². The van der Waals surface area contributed by atoms with Gasteiger partial charge in [-0.3, -0.25) is 14.3 Å². The zero-order chi connectivity index (χ0) is 27.4. The van der Waals surface area contributed by atoms with Crippen molar-refractivity contribution in [3.05, 3.63) is 135 Å². The fourth-order valence-corrected chi connectivity index (χ4v) is 5.27. The van der Waals surface area contributed by atoms with Gasteiger partial charge in [0.2, 0.25) is 0 Å². The minimum absolute atomic E-state index is 0.101. The maximum absolute atomic E-state index is 12.7. The molecule has 0 bridgehead atoms. The summed E-state index contributed by atoms with van der Waals surface area (Å²) in [7, 11) is 0. The molecule has 0 saturated carbocycles. The summed E-state index contributed by atoms with van der Waals surface area (Å²) in [5.74, 6) is -0.425. The number of aromatic nitrogens is 2. The number of nitrogens with zero attached hydrogens (tertiary/aromatic N) is 1. The first kappa shape index (κ1) is 26.7. The van der Waals surface area contributed by atoms with Crippen LogP contribution in [0.4, 0.5) is 0 Å². The minimum atomic E-state index is -0.961. The lowest BCUT2D eigenvalue weighted by Crippen LogP contribution is -2.39. The summed E-state index contributed by atoms with van der Waals surface area (Å²) in [6.45, 7) is 3.29. The molecule has 2 heterocycles. The van der Waals surface area contributed by atoms with Crippen molar-refractivity contribution >= 4 is 18.2 Å². The van der Waals surface area contributed by atoms with Gasteiger partial charge in [0, 0.05) is 25.1 Å². The van der Waals surface area contributed by atoms with Crippen LogP contribution in [0.3, 0.4) is 0 Å². The lowest BCUT2D eigenvalue weighted by Gasteiger charge is -2.37. The summed E-state index contributed by atoms with van der Waals surface area (Å²) >= 11 is 5.20. The van der Waals surface area contributed by atoms with Crippen LogP contribution < -0.4 is 5.69 Å². The van der Waals surface area contributed by atoms with E-state index in [1.807, 2.05) is 97.9 Å². The van der Waals surface area contributed by atoms with Crippen LogP contribution in [0.5, 0.6) is 0 Å². The molecule has 5 rings (SSSR count). The molecule has 8 heteroatoms. The van der Waals surface area contributed by atoms with Crippen LogP contribution in [0.15, 0.2) is 102 Å². The third-order valence-electron chi connectivity index (χ3n) is 6.96. The molecule has 0 aliphatic carbocycles. The summed E-state index contributed by atoms with van der Waals surface area (Å²) in [5.41, 5.74) is 2.24. The molecule has 3 atom stereocenters. The standard InChI is InChI=1S/C31H30N2O5S/c1-21-19-33(30(35)32-29(21)39)28-18-26(37-22(2)34)27(38-28)20-36-31(23-12-6-3-7-13-23,24-14-8-4-9-15-24)25-16-10-5-11-17-25/h3-17,19,26-28H,18,20H2,1-2H3,(H,32,35,39)/t26-,27+,28+/m0/s1. The number of esters is 1. The van der Waals surface area contributed by atoms with Crippen molar-refractivity contribution in [1.29, 1.82) is 0 Å². The molecule has 0 amide bonds. The van der Waals surface area contributed by atoms with Gasteiger partial charge < -0.3 is 14.2 Å². The Kier molecular flexibility index (Phi) is 7.88. The molecule has 1 fully saturated rings. The zero-order valence-corrected chi connectivity index (χ0v) is 22.6. The highest BCUT2D eigenvalue weighted by Gasteiger charge is 2.43. The summed E-state index contributed by atoms with van der Waals surface area (Å²) in [5, 5.41) is 0. The van der Waals surface area contributed by atoms with Crippen LogP contribution in [-0.4, -0.2) is 34.3 Å². The number of H-pyrrole nitrogens is 1.